The third-order valence-electron chi connectivity index (χ3n) is 2.57. The molecule has 0 aromatic heterocycles. The number of urea groups is 1. The molecule has 3 N–H and O–H groups in total. The first kappa shape index (κ1) is 15.7. The van der Waals surface area contributed by atoms with Crippen molar-refractivity contribution in [1.29, 1.82) is 0 Å². The largest absolute Gasteiger partial charge is 0.480 e. The lowest BCUT2D eigenvalue weighted by molar-refractivity contribution is -0.139. The van der Waals surface area contributed by atoms with E-state index < -0.39 is 18.0 Å². The number of carbonyl (C=O) groups excluding carboxylic acids is 1. The number of carboxylic acid groups (broad SMARTS) is 1. The molecule has 0 saturated heterocycles. The zero-order chi connectivity index (χ0) is 13.4. The maximum absolute atomic E-state index is 11.5. The first-order chi connectivity index (χ1) is 7.86. The highest BCUT2D eigenvalue weighted by molar-refractivity contribution is 5.82. The fraction of sp³-hybridized carbons (Fsp3) is 0.833. The summed E-state index contributed by atoms with van der Waals surface area (Å²) in [5.74, 6) is -0.401. The summed E-state index contributed by atoms with van der Waals surface area (Å²) in [5, 5.41) is 14.0. The molecular weight excluding hydrogens is 220 g/mol. The van der Waals surface area contributed by atoms with Gasteiger partial charge < -0.3 is 15.7 Å². The summed E-state index contributed by atoms with van der Waals surface area (Å²) in [6, 6.07) is -1.16. The van der Waals surface area contributed by atoms with Crippen molar-refractivity contribution in [2.45, 2.75) is 59.0 Å². The molecule has 0 saturated carbocycles. The first-order valence-corrected chi connectivity index (χ1v) is 6.16. The topological polar surface area (TPSA) is 78.4 Å². The van der Waals surface area contributed by atoms with E-state index in [4.69, 9.17) is 5.11 Å². The average molecular weight is 244 g/mol. The molecule has 0 aromatic rings. The van der Waals surface area contributed by atoms with Gasteiger partial charge in [0.1, 0.15) is 6.04 Å². The van der Waals surface area contributed by atoms with Gasteiger partial charge in [-0.1, -0.05) is 20.8 Å². The third kappa shape index (κ3) is 7.60. The molecule has 0 aliphatic carbocycles. The Bertz CT molecular complexity index is 254. The van der Waals surface area contributed by atoms with Gasteiger partial charge in [-0.25, -0.2) is 9.59 Å². The molecule has 0 radical (unpaired) electrons. The van der Waals surface area contributed by atoms with E-state index in [1.54, 1.807) is 6.92 Å². The van der Waals surface area contributed by atoms with Crippen LogP contribution in [-0.4, -0.2) is 29.2 Å². The lowest BCUT2D eigenvalue weighted by Gasteiger charge is -2.18. The van der Waals surface area contributed by atoms with Gasteiger partial charge in [-0.15, -0.1) is 0 Å². The molecule has 2 unspecified atom stereocenters. The fourth-order valence-corrected chi connectivity index (χ4v) is 1.42. The normalized spacial score (nSPS) is 14.2. The minimum absolute atomic E-state index is 0.0590. The van der Waals surface area contributed by atoms with Gasteiger partial charge in [-0.2, -0.15) is 0 Å². The van der Waals surface area contributed by atoms with E-state index in [2.05, 4.69) is 24.5 Å². The van der Waals surface area contributed by atoms with E-state index in [1.807, 2.05) is 6.92 Å². The van der Waals surface area contributed by atoms with Gasteiger partial charge in [0.25, 0.3) is 0 Å². The second-order valence-corrected chi connectivity index (χ2v) is 4.79. The average Bonchev–Trinajstić information content (AvgIpc) is 2.22. The predicted molar refractivity (Wildman–Crippen MR) is 66.9 cm³/mol. The molecule has 0 aromatic carbocycles. The van der Waals surface area contributed by atoms with Crippen molar-refractivity contribution in [2.75, 3.05) is 0 Å². The number of carboxylic acids is 1. The zero-order valence-corrected chi connectivity index (χ0v) is 11.1. The Balaban J connectivity index is 3.95. The molecule has 2 atom stereocenters. The number of rotatable bonds is 7. The van der Waals surface area contributed by atoms with Crippen LogP contribution in [0.2, 0.25) is 0 Å². The van der Waals surface area contributed by atoms with Gasteiger partial charge in [-0.3, -0.25) is 0 Å². The zero-order valence-electron chi connectivity index (χ0n) is 11.1. The summed E-state index contributed by atoms with van der Waals surface area (Å²) in [6.45, 7) is 7.90. The number of hydrogen-bond donors (Lipinski definition) is 3. The van der Waals surface area contributed by atoms with Gasteiger partial charge >= 0.3 is 12.0 Å². The summed E-state index contributed by atoms with van der Waals surface area (Å²) >= 11 is 0. The van der Waals surface area contributed by atoms with E-state index in [1.165, 1.54) is 0 Å². The lowest BCUT2D eigenvalue weighted by Crippen LogP contribution is -2.48. The van der Waals surface area contributed by atoms with Crippen molar-refractivity contribution in [3.63, 3.8) is 0 Å². The quantitative estimate of drug-likeness (QED) is 0.640. The number of carbonyl (C=O) groups is 2. The molecule has 0 heterocycles. The Kier molecular flexibility index (Phi) is 7.34. The van der Waals surface area contributed by atoms with Gasteiger partial charge in [0.05, 0.1) is 0 Å². The van der Waals surface area contributed by atoms with Gasteiger partial charge in [-0.05, 0) is 32.1 Å². The van der Waals surface area contributed by atoms with E-state index in [0.717, 1.165) is 12.8 Å². The van der Waals surface area contributed by atoms with E-state index in [9.17, 15) is 9.59 Å². The molecule has 0 rings (SSSR count). The minimum Gasteiger partial charge on any atom is -0.480 e. The molecule has 0 fully saturated rings. The van der Waals surface area contributed by atoms with Gasteiger partial charge in [0, 0.05) is 6.04 Å². The fourth-order valence-electron chi connectivity index (χ4n) is 1.42. The Morgan fingerprint density at radius 3 is 2.12 bits per heavy atom. The smallest absolute Gasteiger partial charge is 0.326 e. The Morgan fingerprint density at radius 1 is 1.12 bits per heavy atom. The molecule has 0 aliphatic heterocycles. The Hall–Kier alpha value is -1.26. The predicted octanol–water partition coefficient (Wildman–Crippen LogP) is 1.97. The molecule has 17 heavy (non-hydrogen) atoms. The highest BCUT2D eigenvalue weighted by Crippen LogP contribution is 2.06. The van der Waals surface area contributed by atoms with Crippen molar-refractivity contribution in [1.82, 2.24) is 10.6 Å². The molecule has 100 valence electrons. The molecule has 0 bridgehead atoms. The van der Waals surface area contributed by atoms with E-state index >= 15 is 0 Å². The number of hydrogen-bond acceptors (Lipinski definition) is 2. The van der Waals surface area contributed by atoms with Crippen molar-refractivity contribution in [3.8, 4) is 0 Å². The standard InChI is InChI=1S/C12H24N2O3/c1-5-10(11(15)16)14-12(17)13-9(4)7-6-8(2)3/h8-10H,5-7H2,1-4H3,(H,15,16)(H2,13,14,17). The monoisotopic (exact) mass is 244 g/mol. The van der Waals surface area contributed by atoms with Crippen LogP contribution >= 0.6 is 0 Å². The van der Waals surface area contributed by atoms with Crippen molar-refractivity contribution >= 4 is 12.0 Å². The van der Waals surface area contributed by atoms with Gasteiger partial charge in [0.2, 0.25) is 0 Å². The van der Waals surface area contributed by atoms with Crippen LogP contribution in [0.3, 0.4) is 0 Å². The van der Waals surface area contributed by atoms with Crippen LogP contribution in [-0.2, 0) is 4.79 Å². The Labute approximate surface area is 103 Å². The van der Waals surface area contributed by atoms with Crippen LogP contribution in [0.25, 0.3) is 0 Å². The maximum Gasteiger partial charge on any atom is 0.326 e. The van der Waals surface area contributed by atoms with Gasteiger partial charge in [0.15, 0.2) is 0 Å². The summed E-state index contributed by atoms with van der Waals surface area (Å²) < 4.78 is 0. The molecule has 0 aliphatic rings. The van der Waals surface area contributed by atoms with E-state index in [-0.39, 0.29) is 6.04 Å². The van der Waals surface area contributed by atoms with Crippen molar-refractivity contribution < 1.29 is 14.7 Å². The minimum atomic E-state index is -1.00. The van der Waals surface area contributed by atoms with Crippen molar-refractivity contribution in [3.05, 3.63) is 0 Å². The maximum atomic E-state index is 11.5. The van der Waals surface area contributed by atoms with Crippen LogP contribution in [0, 0.1) is 5.92 Å². The second-order valence-electron chi connectivity index (χ2n) is 4.79. The summed E-state index contributed by atoms with van der Waals surface area (Å²) in [6.07, 6.45) is 2.32. The molecule has 5 nitrogen and oxygen atoms in total. The van der Waals surface area contributed by atoms with Crippen LogP contribution in [0.5, 0.6) is 0 Å². The number of aliphatic carboxylic acids is 1. The second kappa shape index (κ2) is 7.92. The Morgan fingerprint density at radius 2 is 1.71 bits per heavy atom. The molecular formula is C12H24N2O3. The van der Waals surface area contributed by atoms with Crippen LogP contribution in [0.15, 0.2) is 0 Å². The van der Waals surface area contributed by atoms with Crippen LogP contribution in [0.1, 0.15) is 47.0 Å². The van der Waals surface area contributed by atoms with Crippen LogP contribution in [0.4, 0.5) is 4.79 Å². The molecule has 0 spiro atoms. The molecule has 5 heteroatoms. The third-order valence-corrected chi connectivity index (χ3v) is 2.57. The number of amides is 2. The molecule has 2 amide bonds. The van der Waals surface area contributed by atoms with Crippen molar-refractivity contribution in [2.24, 2.45) is 5.92 Å². The SMILES string of the molecule is CCC(NC(=O)NC(C)CCC(C)C)C(=O)O. The first-order valence-electron chi connectivity index (χ1n) is 6.16. The summed E-state index contributed by atoms with van der Waals surface area (Å²) in [5.41, 5.74) is 0. The van der Waals surface area contributed by atoms with E-state index in [0.29, 0.717) is 12.3 Å². The summed E-state index contributed by atoms with van der Waals surface area (Å²) in [4.78, 5) is 22.2. The highest BCUT2D eigenvalue weighted by atomic mass is 16.4. The highest BCUT2D eigenvalue weighted by Gasteiger charge is 2.18. The van der Waals surface area contributed by atoms with Crippen LogP contribution < -0.4 is 10.6 Å². The summed E-state index contributed by atoms with van der Waals surface area (Å²) in [7, 11) is 0. The number of nitrogens with one attached hydrogen (secondary N) is 2. The lowest BCUT2D eigenvalue weighted by atomic mass is 10.0.